The summed E-state index contributed by atoms with van der Waals surface area (Å²) in [5.41, 5.74) is 1.63. The number of benzene rings is 1. The van der Waals surface area contributed by atoms with Crippen molar-refractivity contribution in [3.63, 3.8) is 0 Å². The predicted octanol–water partition coefficient (Wildman–Crippen LogP) is 1.90. The molecule has 0 saturated carbocycles. The maximum absolute atomic E-state index is 12.7. The molecule has 2 saturated heterocycles. The molecule has 0 aliphatic carbocycles. The highest BCUT2D eigenvalue weighted by Gasteiger charge is 2.42. The van der Waals surface area contributed by atoms with E-state index in [1.165, 1.54) is 0 Å². The molecule has 3 heterocycles. The van der Waals surface area contributed by atoms with Crippen molar-refractivity contribution < 1.29 is 4.79 Å². The number of amides is 1. The second-order valence-electron chi connectivity index (χ2n) is 5.29. The molecule has 19 heavy (non-hydrogen) atoms. The summed E-state index contributed by atoms with van der Waals surface area (Å²) in [4.78, 5) is 14.7. The van der Waals surface area contributed by atoms with Crippen LogP contribution in [0.5, 0.6) is 0 Å². The number of carbonyl (C=O) groups is 1. The molecule has 2 aromatic rings. The largest absolute Gasteiger partial charge is 0.332 e. The molecule has 5 heteroatoms. The number of para-hydroxylation sites is 1. The Labute approximate surface area is 115 Å². The molecule has 4 nitrogen and oxygen atoms in total. The summed E-state index contributed by atoms with van der Waals surface area (Å²) in [7, 11) is 1.89. The van der Waals surface area contributed by atoms with Crippen LogP contribution in [0.1, 0.15) is 16.9 Å². The minimum absolute atomic E-state index is 0.101. The Hall–Kier alpha value is -1.49. The number of hydrogen-bond donors (Lipinski definition) is 0. The lowest BCUT2D eigenvalue weighted by atomic mass is 10.2. The molecule has 2 fully saturated rings. The zero-order valence-electron chi connectivity index (χ0n) is 10.7. The zero-order chi connectivity index (χ0) is 13.0. The van der Waals surface area contributed by atoms with Gasteiger partial charge in [0.25, 0.3) is 5.91 Å². The number of aromatic nitrogens is 2. The average Bonchev–Trinajstić information content (AvgIpc) is 3.13. The number of hydrogen-bond acceptors (Lipinski definition) is 3. The first-order valence-electron chi connectivity index (χ1n) is 6.58. The third kappa shape index (κ3) is 1.61. The monoisotopic (exact) mass is 273 g/mol. The first kappa shape index (κ1) is 11.3. The van der Waals surface area contributed by atoms with Crippen LogP contribution in [0.25, 0.3) is 10.9 Å². The summed E-state index contributed by atoms with van der Waals surface area (Å²) >= 11 is 2.00. The van der Waals surface area contributed by atoms with E-state index in [0.717, 1.165) is 29.6 Å². The summed E-state index contributed by atoms with van der Waals surface area (Å²) in [5.74, 6) is 1.19. The van der Waals surface area contributed by atoms with Gasteiger partial charge in [-0.25, -0.2) is 0 Å². The van der Waals surface area contributed by atoms with E-state index < -0.39 is 0 Å². The summed E-state index contributed by atoms with van der Waals surface area (Å²) in [6.45, 7) is 0.888. The average molecular weight is 273 g/mol. The Morgan fingerprint density at radius 3 is 3.00 bits per heavy atom. The van der Waals surface area contributed by atoms with E-state index in [1.54, 1.807) is 4.68 Å². The van der Waals surface area contributed by atoms with Crippen molar-refractivity contribution in [1.29, 1.82) is 0 Å². The van der Waals surface area contributed by atoms with Gasteiger partial charge >= 0.3 is 0 Å². The third-order valence-corrected chi connectivity index (χ3v) is 5.51. The molecule has 1 aromatic carbocycles. The van der Waals surface area contributed by atoms with E-state index in [2.05, 4.69) is 5.10 Å². The normalized spacial score (nSPS) is 25.4. The van der Waals surface area contributed by atoms with Crippen LogP contribution in [0.15, 0.2) is 24.3 Å². The predicted molar refractivity (Wildman–Crippen MR) is 76.4 cm³/mol. The molecular weight excluding hydrogens is 258 g/mol. The maximum Gasteiger partial charge on any atom is 0.275 e. The van der Waals surface area contributed by atoms with Gasteiger partial charge in [-0.3, -0.25) is 9.48 Å². The molecule has 1 aromatic heterocycles. The number of thioether (sulfide) groups is 1. The quantitative estimate of drug-likeness (QED) is 0.796. The van der Waals surface area contributed by atoms with Gasteiger partial charge in [0.05, 0.1) is 5.52 Å². The Kier molecular flexibility index (Phi) is 2.39. The highest BCUT2D eigenvalue weighted by Crippen LogP contribution is 2.38. The van der Waals surface area contributed by atoms with Gasteiger partial charge in [-0.2, -0.15) is 16.9 Å². The number of carbonyl (C=O) groups excluding carboxylic acids is 1. The van der Waals surface area contributed by atoms with E-state index in [9.17, 15) is 4.79 Å². The van der Waals surface area contributed by atoms with Gasteiger partial charge in [-0.1, -0.05) is 18.2 Å². The van der Waals surface area contributed by atoms with Crippen LogP contribution in [-0.4, -0.2) is 44.2 Å². The van der Waals surface area contributed by atoms with Crippen LogP contribution in [0.2, 0.25) is 0 Å². The van der Waals surface area contributed by atoms with E-state index in [1.807, 2.05) is 48.0 Å². The Balaban J connectivity index is 1.76. The van der Waals surface area contributed by atoms with Crippen molar-refractivity contribution in [2.45, 2.75) is 17.7 Å². The fraction of sp³-hybridized carbons (Fsp3) is 0.429. The second-order valence-corrected chi connectivity index (χ2v) is 6.63. The van der Waals surface area contributed by atoms with E-state index in [-0.39, 0.29) is 5.91 Å². The van der Waals surface area contributed by atoms with Crippen LogP contribution < -0.4 is 0 Å². The fourth-order valence-electron chi connectivity index (χ4n) is 3.16. The van der Waals surface area contributed by atoms with Crippen LogP contribution >= 0.6 is 11.8 Å². The van der Waals surface area contributed by atoms with Crippen LogP contribution in [0.4, 0.5) is 0 Å². The van der Waals surface area contributed by atoms with E-state index >= 15 is 0 Å². The molecule has 0 radical (unpaired) electrons. The smallest absolute Gasteiger partial charge is 0.275 e. The molecule has 4 rings (SSSR count). The lowest BCUT2D eigenvalue weighted by Gasteiger charge is -2.25. The molecule has 2 bridgehead atoms. The summed E-state index contributed by atoms with van der Waals surface area (Å²) in [6, 6.07) is 8.35. The number of nitrogens with zero attached hydrogens (tertiary/aromatic N) is 3. The number of aryl methyl sites for hydroxylation is 1. The second kappa shape index (κ2) is 4.00. The molecule has 0 spiro atoms. The van der Waals surface area contributed by atoms with E-state index in [4.69, 9.17) is 0 Å². The molecule has 2 atom stereocenters. The van der Waals surface area contributed by atoms with Gasteiger partial charge < -0.3 is 4.90 Å². The lowest BCUT2D eigenvalue weighted by Crippen LogP contribution is -2.39. The summed E-state index contributed by atoms with van der Waals surface area (Å²) in [6.07, 6.45) is 1.15. The van der Waals surface area contributed by atoms with Gasteiger partial charge in [-0.05, 0) is 12.5 Å². The van der Waals surface area contributed by atoms with Crippen molar-refractivity contribution in [2.75, 3.05) is 12.3 Å². The van der Waals surface area contributed by atoms with Crippen LogP contribution in [0, 0.1) is 0 Å². The minimum atomic E-state index is 0.101. The van der Waals surface area contributed by atoms with Gasteiger partial charge in [0, 0.05) is 36.0 Å². The Morgan fingerprint density at radius 1 is 1.42 bits per heavy atom. The molecule has 2 unspecified atom stereocenters. The van der Waals surface area contributed by atoms with Crippen molar-refractivity contribution in [2.24, 2.45) is 7.05 Å². The summed E-state index contributed by atoms with van der Waals surface area (Å²) in [5, 5.41) is 6.04. The lowest BCUT2D eigenvalue weighted by molar-refractivity contribution is 0.0742. The Bertz CT molecular complexity index is 666. The molecular formula is C14H15N3OS. The van der Waals surface area contributed by atoms with Crippen LogP contribution in [-0.2, 0) is 7.05 Å². The van der Waals surface area contributed by atoms with Gasteiger partial charge in [0.2, 0.25) is 0 Å². The van der Waals surface area contributed by atoms with Crippen LogP contribution in [0.3, 0.4) is 0 Å². The molecule has 98 valence electrons. The van der Waals surface area contributed by atoms with Crippen molar-refractivity contribution >= 4 is 28.6 Å². The number of likely N-dealkylation sites (tertiary alicyclic amines) is 1. The van der Waals surface area contributed by atoms with Crippen molar-refractivity contribution in [1.82, 2.24) is 14.7 Å². The molecule has 2 aliphatic rings. The zero-order valence-corrected chi connectivity index (χ0v) is 11.6. The highest BCUT2D eigenvalue weighted by molar-refractivity contribution is 8.00. The molecule has 0 N–H and O–H groups in total. The first-order chi connectivity index (χ1) is 9.24. The SMILES string of the molecule is Cn1nc(C(=O)N2CC3CC2CS3)c2ccccc21. The number of fused-ring (bicyclic) bond motifs is 3. The summed E-state index contributed by atoms with van der Waals surface area (Å²) < 4.78 is 1.80. The molecule has 1 amide bonds. The van der Waals surface area contributed by atoms with Crippen molar-refractivity contribution in [3.8, 4) is 0 Å². The third-order valence-electron chi connectivity index (χ3n) is 4.12. The van der Waals surface area contributed by atoms with Gasteiger partial charge in [-0.15, -0.1) is 0 Å². The first-order valence-corrected chi connectivity index (χ1v) is 7.63. The number of rotatable bonds is 1. The van der Waals surface area contributed by atoms with Crippen molar-refractivity contribution in [3.05, 3.63) is 30.0 Å². The maximum atomic E-state index is 12.7. The van der Waals surface area contributed by atoms with Gasteiger partial charge in [0.15, 0.2) is 5.69 Å². The standard InChI is InChI=1S/C14H15N3OS/c1-16-12-5-3-2-4-11(12)13(15-16)14(18)17-7-10-6-9(17)8-19-10/h2-5,9-10H,6-8H2,1H3. The van der Waals surface area contributed by atoms with E-state index in [0.29, 0.717) is 17.0 Å². The highest BCUT2D eigenvalue weighted by atomic mass is 32.2. The fourth-order valence-corrected chi connectivity index (χ4v) is 4.59. The van der Waals surface area contributed by atoms with Gasteiger partial charge in [0.1, 0.15) is 0 Å². The molecule has 2 aliphatic heterocycles. The minimum Gasteiger partial charge on any atom is -0.332 e. The topological polar surface area (TPSA) is 38.1 Å². The Morgan fingerprint density at radius 2 is 2.26 bits per heavy atom.